The monoisotopic (exact) mass is 566 g/mol. The standard InChI is InChI=1S/C31H32F2N2O6/c1-16(2)30(37)41-28-25(39-7)12-13-34-27(28)29(36)35-19(5)31(38)40-20(6)26(21-10-8-17(3)23(32)14-21)22-11-9-18(4)24(33)15-22/h8-16,19H,1-7H3,(H,35,36)/t19-/m0/s1. The number of aryl methyl sites for hydroxylation is 2. The van der Waals surface area contributed by atoms with E-state index < -0.39 is 41.4 Å². The van der Waals surface area contributed by atoms with Crippen LogP contribution in [0.15, 0.2) is 54.4 Å². The quantitative estimate of drug-likeness (QED) is 0.262. The highest BCUT2D eigenvalue weighted by atomic mass is 19.1. The molecular weight excluding hydrogens is 534 g/mol. The van der Waals surface area contributed by atoms with Crippen molar-refractivity contribution in [3.8, 4) is 11.5 Å². The van der Waals surface area contributed by atoms with Crippen LogP contribution in [0, 0.1) is 31.4 Å². The first-order valence-electron chi connectivity index (χ1n) is 12.8. The van der Waals surface area contributed by atoms with Crippen molar-refractivity contribution in [2.24, 2.45) is 5.92 Å². The van der Waals surface area contributed by atoms with E-state index in [1.807, 2.05) is 0 Å². The third-order valence-electron chi connectivity index (χ3n) is 6.21. The highest BCUT2D eigenvalue weighted by Gasteiger charge is 2.27. The average molecular weight is 567 g/mol. The summed E-state index contributed by atoms with van der Waals surface area (Å²) in [6, 6.07) is 9.21. The second-order valence-corrected chi connectivity index (χ2v) is 9.74. The van der Waals surface area contributed by atoms with Gasteiger partial charge in [-0.25, -0.2) is 18.6 Å². The lowest BCUT2D eigenvalue weighted by Gasteiger charge is -2.18. The minimum Gasteiger partial charge on any atom is -0.493 e. The molecule has 0 aliphatic rings. The van der Waals surface area contributed by atoms with Crippen molar-refractivity contribution < 1.29 is 37.4 Å². The number of methoxy groups -OCH3 is 1. The molecule has 10 heteroatoms. The van der Waals surface area contributed by atoms with Crippen molar-refractivity contribution in [2.45, 2.75) is 47.6 Å². The molecule has 1 N–H and O–H groups in total. The predicted octanol–water partition coefficient (Wildman–Crippen LogP) is 5.69. The number of aromatic nitrogens is 1. The van der Waals surface area contributed by atoms with Crippen molar-refractivity contribution >= 4 is 23.4 Å². The number of ether oxygens (including phenoxy) is 3. The predicted molar refractivity (Wildman–Crippen MR) is 148 cm³/mol. The molecule has 1 amide bonds. The molecule has 0 spiro atoms. The number of halogens is 2. The highest BCUT2D eigenvalue weighted by molar-refractivity contribution is 5.99. The van der Waals surface area contributed by atoms with E-state index in [-0.39, 0.29) is 23.0 Å². The maximum atomic E-state index is 14.5. The van der Waals surface area contributed by atoms with Crippen LogP contribution < -0.4 is 14.8 Å². The number of hydrogen-bond donors (Lipinski definition) is 1. The number of allylic oxidation sites excluding steroid dienone is 1. The summed E-state index contributed by atoms with van der Waals surface area (Å²) in [6.45, 7) is 9.36. The maximum Gasteiger partial charge on any atom is 0.333 e. The Labute approximate surface area is 237 Å². The van der Waals surface area contributed by atoms with Crippen LogP contribution in [-0.2, 0) is 14.3 Å². The van der Waals surface area contributed by atoms with Gasteiger partial charge in [-0.05, 0) is 62.1 Å². The number of amides is 1. The molecule has 0 aliphatic carbocycles. The van der Waals surface area contributed by atoms with Gasteiger partial charge in [-0.15, -0.1) is 0 Å². The Balaban J connectivity index is 1.91. The SMILES string of the molecule is COc1ccnc(C(=O)N[C@@H](C)C(=O)OC(C)=C(c2ccc(C)c(F)c2)c2ccc(C)c(F)c2)c1OC(=O)C(C)C. The molecule has 1 aromatic heterocycles. The van der Waals surface area contributed by atoms with Crippen LogP contribution in [0.5, 0.6) is 11.5 Å². The van der Waals surface area contributed by atoms with Crippen LogP contribution in [0.25, 0.3) is 5.57 Å². The number of benzene rings is 2. The largest absolute Gasteiger partial charge is 0.493 e. The molecule has 3 rings (SSSR count). The zero-order valence-electron chi connectivity index (χ0n) is 23.9. The average Bonchev–Trinajstić information content (AvgIpc) is 2.92. The van der Waals surface area contributed by atoms with E-state index in [1.54, 1.807) is 52.0 Å². The Morgan fingerprint density at radius 3 is 1.93 bits per heavy atom. The van der Waals surface area contributed by atoms with E-state index in [1.165, 1.54) is 45.4 Å². The number of pyridine rings is 1. The van der Waals surface area contributed by atoms with Gasteiger partial charge in [0.25, 0.3) is 5.91 Å². The molecule has 0 saturated carbocycles. The number of hydrogen-bond acceptors (Lipinski definition) is 7. The molecule has 41 heavy (non-hydrogen) atoms. The highest BCUT2D eigenvalue weighted by Crippen LogP contribution is 2.32. The van der Waals surface area contributed by atoms with Gasteiger partial charge in [0.05, 0.1) is 13.0 Å². The van der Waals surface area contributed by atoms with Gasteiger partial charge in [-0.1, -0.05) is 38.1 Å². The van der Waals surface area contributed by atoms with Gasteiger partial charge in [0.1, 0.15) is 23.4 Å². The molecule has 0 aliphatic heterocycles. The van der Waals surface area contributed by atoms with Crippen LogP contribution in [0.2, 0.25) is 0 Å². The number of esters is 2. The van der Waals surface area contributed by atoms with Crippen LogP contribution in [0.3, 0.4) is 0 Å². The maximum absolute atomic E-state index is 14.5. The van der Waals surface area contributed by atoms with Crippen LogP contribution >= 0.6 is 0 Å². The van der Waals surface area contributed by atoms with Crippen molar-refractivity contribution in [1.29, 1.82) is 0 Å². The van der Waals surface area contributed by atoms with Crippen LogP contribution in [0.4, 0.5) is 8.78 Å². The molecule has 1 atom stereocenters. The van der Waals surface area contributed by atoms with E-state index in [9.17, 15) is 23.2 Å². The molecule has 8 nitrogen and oxygen atoms in total. The van der Waals surface area contributed by atoms with Crippen LogP contribution in [-0.4, -0.2) is 36.0 Å². The molecular formula is C31H32F2N2O6. The third-order valence-corrected chi connectivity index (χ3v) is 6.21. The number of nitrogens with one attached hydrogen (secondary N) is 1. The second-order valence-electron chi connectivity index (χ2n) is 9.74. The molecule has 0 radical (unpaired) electrons. The lowest BCUT2D eigenvalue weighted by atomic mass is 9.95. The lowest BCUT2D eigenvalue weighted by molar-refractivity contribution is -0.141. The number of nitrogens with zero attached hydrogens (tertiary/aromatic N) is 1. The summed E-state index contributed by atoms with van der Waals surface area (Å²) in [4.78, 5) is 42.4. The Hall–Kier alpha value is -4.60. The van der Waals surface area contributed by atoms with Gasteiger partial charge in [0.2, 0.25) is 5.75 Å². The van der Waals surface area contributed by atoms with Crippen molar-refractivity contribution in [1.82, 2.24) is 10.3 Å². The topological polar surface area (TPSA) is 104 Å². The molecule has 216 valence electrons. The van der Waals surface area contributed by atoms with Gasteiger partial charge < -0.3 is 19.5 Å². The van der Waals surface area contributed by atoms with Gasteiger partial charge in [0, 0.05) is 17.8 Å². The van der Waals surface area contributed by atoms with Gasteiger partial charge in [-0.3, -0.25) is 9.59 Å². The molecule has 0 unspecified atom stereocenters. The second kappa shape index (κ2) is 13.2. The molecule has 0 bridgehead atoms. The summed E-state index contributed by atoms with van der Waals surface area (Å²) in [5.41, 5.74) is 1.60. The fourth-order valence-corrected chi connectivity index (χ4v) is 3.75. The fourth-order valence-electron chi connectivity index (χ4n) is 3.75. The minimum absolute atomic E-state index is 0.0636. The van der Waals surface area contributed by atoms with Gasteiger partial charge >= 0.3 is 11.9 Å². The first-order valence-corrected chi connectivity index (χ1v) is 12.8. The van der Waals surface area contributed by atoms with Crippen molar-refractivity contribution in [3.63, 3.8) is 0 Å². The Morgan fingerprint density at radius 1 is 0.878 bits per heavy atom. The Kier molecular flexibility index (Phi) is 9.94. The van der Waals surface area contributed by atoms with Gasteiger partial charge in [0.15, 0.2) is 11.4 Å². The summed E-state index contributed by atoms with van der Waals surface area (Å²) < 4.78 is 45.1. The summed E-state index contributed by atoms with van der Waals surface area (Å²) in [7, 11) is 1.34. The minimum atomic E-state index is -1.19. The van der Waals surface area contributed by atoms with E-state index in [0.717, 1.165) is 0 Å². The first-order chi connectivity index (χ1) is 19.3. The molecule has 1 heterocycles. The fraction of sp³-hybridized carbons (Fsp3) is 0.290. The van der Waals surface area contributed by atoms with E-state index in [0.29, 0.717) is 27.8 Å². The van der Waals surface area contributed by atoms with Crippen molar-refractivity contribution in [2.75, 3.05) is 7.11 Å². The van der Waals surface area contributed by atoms with Gasteiger partial charge in [-0.2, -0.15) is 0 Å². The molecule has 0 saturated heterocycles. The molecule has 3 aromatic rings. The summed E-state index contributed by atoms with van der Waals surface area (Å²) in [6.07, 6.45) is 1.30. The number of carbonyl (C=O) groups excluding carboxylic acids is 3. The summed E-state index contributed by atoms with van der Waals surface area (Å²) in [5, 5.41) is 2.48. The molecule has 2 aromatic carbocycles. The van der Waals surface area contributed by atoms with E-state index >= 15 is 0 Å². The van der Waals surface area contributed by atoms with E-state index in [2.05, 4.69) is 10.3 Å². The number of carbonyl (C=O) groups is 3. The smallest absolute Gasteiger partial charge is 0.333 e. The zero-order valence-corrected chi connectivity index (χ0v) is 23.9. The van der Waals surface area contributed by atoms with Crippen molar-refractivity contribution in [3.05, 3.63) is 94.0 Å². The zero-order chi connectivity index (χ0) is 30.4. The van der Waals surface area contributed by atoms with E-state index in [4.69, 9.17) is 14.2 Å². The normalized spacial score (nSPS) is 11.5. The molecule has 0 fully saturated rings. The Bertz CT molecular complexity index is 1460. The third kappa shape index (κ3) is 7.33. The summed E-state index contributed by atoms with van der Waals surface area (Å²) in [5.74, 6) is -3.74. The first kappa shape index (κ1) is 30.9. The summed E-state index contributed by atoms with van der Waals surface area (Å²) >= 11 is 0. The van der Waals surface area contributed by atoms with Crippen LogP contribution in [0.1, 0.15) is 60.4 Å². The lowest BCUT2D eigenvalue weighted by Crippen LogP contribution is -2.40. The Morgan fingerprint density at radius 2 is 1.44 bits per heavy atom. The number of rotatable bonds is 9.